The minimum absolute atomic E-state index is 1.13. The third kappa shape index (κ3) is 1.27. The predicted octanol–water partition coefficient (Wildman–Crippen LogP) is 1.72. The van der Waals surface area contributed by atoms with Crippen LogP contribution in [-0.4, -0.2) is 7.85 Å². The van der Waals surface area contributed by atoms with Crippen LogP contribution in [0.2, 0.25) is 0 Å². The van der Waals surface area contributed by atoms with E-state index in [2.05, 4.69) is 39.0 Å². The zero-order chi connectivity index (χ0) is 8.55. The number of hydrogen-bond donors (Lipinski definition) is 0. The van der Waals surface area contributed by atoms with Gasteiger partial charge in [0.1, 0.15) is 0 Å². The lowest BCUT2D eigenvalue weighted by atomic mass is 10.1. The summed E-state index contributed by atoms with van der Waals surface area (Å²) in [5.74, 6) is 0. The molecule has 0 spiro atoms. The normalized spacial score (nSPS) is 10.8. The van der Waals surface area contributed by atoms with Crippen molar-refractivity contribution in [3.63, 3.8) is 0 Å². The Kier molecular flexibility index (Phi) is 1.93. The van der Waals surface area contributed by atoms with Gasteiger partial charge in [-0.05, 0) is 28.2 Å². The molecule has 60 valence electrons. The predicted molar refractivity (Wildman–Crippen MR) is 59.4 cm³/mol. The van der Waals surface area contributed by atoms with E-state index in [0.717, 1.165) is 6.42 Å². The lowest BCUT2D eigenvalue weighted by Crippen LogP contribution is -1.88. The summed E-state index contributed by atoms with van der Waals surface area (Å²) in [4.78, 5) is 0. The Balaban J connectivity index is 2.66. The van der Waals surface area contributed by atoms with Crippen molar-refractivity contribution in [1.29, 1.82) is 0 Å². The maximum absolute atomic E-state index is 2.29. The quantitative estimate of drug-likeness (QED) is 0.577. The van der Waals surface area contributed by atoms with Crippen LogP contribution in [0.4, 0.5) is 0 Å². The summed E-state index contributed by atoms with van der Waals surface area (Å²) in [5.41, 5.74) is 1.43. The first kappa shape index (κ1) is 7.87. The summed E-state index contributed by atoms with van der Waals surface area (Å²) in [6.07, 6.45) is 1.13. The van der Waals surface area contributed by atoms with E-state index in [0.29, 0.717) is 0 Å². The highest BCUT2D eigenvalue weighted by Gasteiger charge is 1.97. The van der Waals surface area contributed by atoms with E-state index >= 15 is 0 Å². The van der Waals surface area contributed by atoms with E-state index in [-0.39, 0.29) is 0 Å². The molecule has 2 heteroatoms. The number of thiophene rings is 1. The molecular weight excluding hydrogens is 163 g/mol. The Bertz CT molecular complexity index is 403. The Morgan fingerprint density at radius 3 is 2.92 bits per heavy atom. The van der Waals surface area contributed by atoms with E-state index in [4.69, 9.17) is 0 Å². The van der Waals surface area contributed by atoms with Crippen LogP contribution in [0.15, 0.2) is 24.3 Å². The number of rotatable bonds is 1. The molecule has 2 aromatic rings. The van der Waals surface area contributed by atoms with Crippen molar-refractivity contribution in [2.45, 2.75) is 13.3 Å². The summed E-state index contributed by atoms with van der Waals surface area (Å²) in [5, 5.41) is 1.40. The van der Waals surface area contributed by atoms with Crippen molar-refractivity contribution >= 4 is 34.0 Å². The molecule has 0 aliphatic heterocycles. The molecule has 0 nitrogen and oxygen atoms in total. The second kappa shape index (κ2) is 2.94. The fourth-order valence-corrected chi connectivity index (χ4v) is 2.35. The molecule has 1 heterocycles. The molecule has 2 rings (SSSR count). The SMILES string of the molecule is Bc1cc2cc(CC)ccc2s1. The highest BCUT2D eigenvalue weighted by atomic mass is 32.1. The third-order valence-electron chi connectivity index (χ3n) is 2.11. The van der Waals surface area contributed by atoms with Crippen molar-refractivity contribution in [3.8, 4) is 0 Å². The van der Waals surface area contributed by atoms with Gasteiger partial charge < -0.3 is 0 Å². The van der Waals surface area contributed by atoms with Crippen LogP contribution >= 0.6 is 11.3 Å². The molecule has 1 aromatic carbocycles. The van der Waals surface area contributed by atoms with Gasteiger partial charge in [-0.1, -0.05) is 25.1 Å². The van der Waals surface area contributed by atoms with E-state index in [9.17, 15) is 0 Å². The smallest absolute Gasteiger partial charge is 0.151 e. The molecule has 0 unspecified atom stereocenters. The first-order valence-electron chi connectivity index (χ1n) is 4.28. The molecule has 0 bridgehead atoms. The molecule has 0 aliphatic rings. The molecule has 0 saturated heterocycles. The maximum atomic E-state index is 2.29. The van der Waals surface area contributed by atoms with E-state index in [1.165, 1.54) is 20.4 Å². The molecule has 0 saturated carbocycles. The average molecular weight is 174 g/mol. The molecule has 1 aromatic heterocycles. The zero-order valence-electron chi connectivity index (χ0n) is 7.42. The monoisotopic (exact) mass is 174 g/mol. The van der Waals surface area contributed by atoms with Crippen LogP contribution in [0.3, 0.4) is 0 Å². The highest BCUT2D eigenvalue weighted by molar-refractivity contribution is 7.26. The number of hydrogen-bond acceptors (Lipinski definition) is 1. The molecule has 0 radical (unpaired) electrons. The molecular formula is C10H11BS. The zero-order valence-corrected chi connectivity index (χ0v) is 8.24. The largest absolute Gasteiger partial charge is 0.152 e. The Morgan fingerprint density at radius 1 is 1.33 bits per heavy atom. The van der Waals surface area contributed by atoms with Crippen LogP contribution < -0.4 is 4.78 Å². The van der Waals surface area contributed by atoms with E-state index in [1.54, 1.807) is 0 Å². The van der Waals surface area contributed by atoms with Gasteiger partial charge in [-0.3, -0.25) is 0 Å². The Hall–Kier alpha value is -0.755. The van der Waals surface area contributed by atoms with Crippen LogP contribution in [0.5, 0.6) is 0 Å². The highest BCUT2D eigenvalue weighted by Crippen LogP contribution is 2.19. The fourth-order valence-electron chi connectivity index (χ4n) is 1.45. The van der Waals surface area contributed by atoms with Gasteiger partial charge in [0.2, 0.25) is 0 Å². The molecule has 0 N–H and O–H groups in total. The van der Waals surface area contributed by atoms with Crippen molar-refractivity contribution in [1.82, 2.24) is 0 Å². The lowest BCUT2D eigenvalue weighted by Gasteiger charge is -1.94. The van der Waals surface area contributed by atoms with Crippen molar-refractivity contribution in [3.05, 3.63) is 29.8 Å². The Labute approximate surface area is 77.6 Å². The van der Waals surface area contributed by atoms with Gasteiger partial charge in [-0.25, -0.2) is 0 Å². The molecule has 0 atom stereocenters. The fraction of sp³-hybridized carbons (Fsp3) is 0.200. The van der Waals surface area contributed by atoms with Crippen LogP contribution in [0.1, 0.15) is 12.5 Å². The van der Waals surface area contributed by atoms with Crippen molar-refractivity contribution in [2.75, 3.05) is 0 Å². The van der Waals surface area contributed by atoms with Crippen molar-refractivity contribution in [2.24, 2.45) is 0 Å². The van der Waals surface area contributed by atoms with Gasteiger partial charge in [0.25, 0.3) is 0 Å². The van der Waals surface area contributed by atoms with Crippen LogP contribution in [0, 0.1) is 0 Å². The summed E-state index contributed by atoms with van der Waals surface area (Å²) in [6.45, 7) is 2.19. The minimum atomic E-state index is 1.13. The van der Waals surface area contributed by atoms with Crippen LogP contribution in [0.25, 0.3) is 10.1 Å². The Morgan fingerprint density at radius 2 is 2.17 bits per heavy atom. The second-order valence-electron chi connectivity index (χ2n) is 3.08. The summed E-state index contributed by atoms with van der Waals surface area (Å²) in [7, 11) is 2.16. The lowest BCUT2D eigenvalue weighted by molar-refractivity contribution is 1.15. The van der Waals surface area contributed by atoms with Gasteiger partial charge in [-0.15, -0.1) is 0 Å². The van der Waals surface area contributed by atoms with Crippen LogP contribution in [-0.2, 0) is 6.42 Å². The third-order valence-corrected chi connectivity index (χ3v) is 3.14. The first-order valence-corrected chi connectivity index (χ1v) is 5.10. The minimum Gasteiger partial charge on any atom is -0.151 e. The standard InChI is InChI=1S/C10H11BS/c1-2-7-3-4-9-8(5-7)6-10(11)12-9/h3-6H,2,11H2,1H3. The first-order chi connectivity index (χ1) is 5.79. The number of benzene rings is 1. The van der Waals surface area contributed by atoms with E-state index < -0.39 is 0 Å². The number of fused-ring (bicyclic) bond motifs is 1. The van der Waals surface area contributed by atoms with E-state index in [1.807, 2.05) is 11.3 Å². The summed E-state index contributed by atoms with van der Waals surface area (Å²) >= 11 is 1.87. The average Bonchev–Trinajstić information content (AvgIpc) is 2.43. The van der Waals surface area contributed by atoms with Gasteiger partial charge in [-0.2, -0.15) is 11.3 Å². The molecule has 0 fully saturated rings. The summed E-state index contributed by atoms with van der Waals surface area (Å²) in [6, 6.07) is 9.00. The maximum Gasteiger partial charge on any atom is 0.152 e. The topological polar surface area (TPSA) is 0 Å². The van der Waals surface area contributed by atoms with Gasteiger partial charge >= 0.3 is 0 Å². The molecule has 12 heavy (non-hydrogen) atoms. The van der Waals surface area contributed by atoms with Gasteiger partial charge in [0.15, 0.2) is 7.85 Å². The summed E-state index contributed by atoms with van der Waals surface area (Å²) < 4.78 is 2.81. The van der Waals surface area contributed by atoms with Crippen molar-refractivity contribution < 1.29 is 0 Å². The molecule has 0 amide bonds. The molecule has 0 aliphatic carbocycles. The van der Waals surface area contributed by atoms with Gasteiger partial charge in [0, 0.05) is 4.70 Å². The van der Waals surface area contributed by atoms with Gasteiger partial charge in [0.05, 0.1) is 0 Å². The second-order valence-corrected chi connectivity index (χ2v) is 4.37. The number of aryl methyl sites for hydroxylation is 1.